The van der Waals surface area contributed by atoms with E-state index in [0.29, 0.717) is 12.3 Å². The molecule has 0 aliphatic rings. The molecule has 0 aliphatic carbocycles. The second-order valence-electron chi connectivity index (χ2n) is 4.92. The second kappa shape index (κ2) is 6.62. The first-order valence-electron chi connectivity index (χ1n) is 6.97. The minimum absolute atomic E-state index is 0.0155. The normalized spacial score (nSPS) is 10.8. The predicted octanol–water partition coefficient (Wildman–Crippen LogP) is 2.45. The van der Waals surface area contributed by atoms with Crippen molar-refractivity contribution in [3.8, 4) is 0 Å². The molecule has 0 aliphatic heterocycles. The van der Waals surface area contributed by atoms with E-state index in [1.807, 2.05) is 60.0 Å². The Hall–Kier alpha value is -2.34. The summed E-state index contributed by atoms with van der Waals surface area (Å²) in [6, 6.07) is 13.8. The van der Waals surface area contributed by atoms with E-state index >= 15 is 0 Å². The number of thioether (sulfide) groups is 1. The Labute approximate surface area is 132 Å². The van der Waals surface area contributed by atoms with Gasteiger partial charge in [0.15, 0.2) is 11.5 Å². The maximum absolute atomic E-state index is 11.9. The molecule has 3 rings (SSSR count). The summed E-state index contributed by atoms with van der Waals surface area (Å²) >= 11 is 1.52. The van der Waals surface area contributed by atoms with Crippen molar-refractivity contribution in [3.05, 3.63) is 60.0 Å². The molecule has 0 fully saturated rings. The molecule has 1 aromatic carbocycles. The summed E-state index contributed by atoms with van der Waals surface area (Å²) in [6.45, 7) is 2.42. The van der Waals surface area contributed by atoms with Gasteiger partial charge in [-0.15, -0.1) is 22.0 Å². The third-order valence-electron chi connectivity index (χ3n) is 3.22. The van der Waals surface area contributed by atoms with Crippen LogP contribution in [-0.2, 0) is 11.3 Å². The van der Waals surface area contributed by atoms with Crippen molar-refractivity contribution in [1.82, 2.24) is 19.9 Å². The highest BCUT2D eigenvalue weighted by atomic mass is 32.2. The molecule has 6 heteroatoms. The van der Waals surface area contributed by atoms with E-state index in [1.165, 1.54) is 17.3 Å². The van der Waals surface area contributed by atoms with Crippen LogP contribution in [0.5, 0.6) is 0 Å². The molecule has 1 N–H and O–H groups in total. The highest BCUT2D eigenvalue weighted by Crippen LogP contribution is 2.17. The van der Waals surface area contributed by atoms with Crippen LogP contribution >= 0.6 is 11.8 Å². The quantitative estimate of drug-likeness (QED) is 0.735. The van der Waals surface area contributed by atoms with E-state index in [-0.39, 0.29) is 5.91 Å². The molecule has 0 unspecified atom stereocenters. The van der Waals surface area contributed by atoms with Gasteiger partial charge in [0, 0.05) is 11.1 Å². The van der Waals surface area contributed by atoms with Crippen molar-refractivity contribution in [2.24, 2.45) is 0 Å². The molecule has 0 spiro atoms. The number of aryl methyl sites for hydroxylation is 1. The number of pyridine rings is 1. The van der Waals surface area contributed by atoms with Gasteiger partial charge in [-0.25, -0.2) is 0 Å². The number of fused-ring (bicyclic) bond motifs is 1. The molecule has 112 valence electrons. The maximum atomic E-state index is 11.9. The molecular weight excluding hydrogens is 296 g/mol. The monoisotopic (exact) mass is 312 g/mol. The number of amides is 1. The number of benzene rings is 1. The zero-order chi connectivity index (χ0) is 15.4. The molecule has 2 heterocycles. The number of nitrogens with one attached hydrogen (secondary N) is 1. The average molecular weight is 312 g/mol. The van der Waals surface area contributed by atoms with Crippen LogP contribution in [0, 0.1) is 6.92 Å². The number of carbonyl (C=O) groups excluding carboxylic acids is 1. The summed E-state index contributed by atoms with van der Waals surface area (Å²) < 4.78 is 1.87. The predicted molar refractivity (Wildman–Crippen MR) is 86.7 cm³/mol. The number of aromatic nitrogens is 3. The highest BCUT2D eigenvalue weighted by molar-refractivity contribution is 8.00. The van der Waals surface area contributed by atoms with Crippen LogP contribution in [0.1, 0.15) is 11.4 Å². The van der Waals surface area contributed by atoms with E-state index in [0.717, 1.165) is 16.4 Å². The van der Waals surface area contributed by atoms with Crippen molar-refractivity contribution in [3.63, 3.8) is 0 Å². The van der Waals surface area contributed by atoms with Gasteiger partial charge in [0.1, 0.15) is 0 Å². The van der Waals surface area contributed by atoms with Crippen molar-refractivity contribution in [2.45, 2.75) is 18.4 Å². The van der Waals surface area contributed by atoms with Gasteiger partial charge in [0.05, 0.1) is 12.3 Å². The standard InChI is InChI=1S/C16H16N4OS/c1-12-5-7-13(8-6-12)22-11-16(21)17-10-15-19-18-14-4-2-3-9-20(14)15/h2-9H,10-11H2,1H3,(H,17,21). The van der Waals surface area contributed by atoms with Crippen LogP contribution in [0.25, 0.3) is 5.65 Å². The fourth-order valence-electron chi connectivity index (χ4n) is 2.02. The summed E-state index contributed by atoms with van der Waals surface area (Å²) in [5.41, 5.74) is 1.99. The minimum atomic E-state index is -0.0155. The molecule has 0 saturated heterocycles. The first-order chi connectivity index (χ1) is 10.7. The van der Waals surface area contributed by atoms with Gasteiger partial charge < -0.3 is 5.32 Å². The highest BCUT2D eigenvalue weighted by Gasteiger charge is 2.07. The molecule has 0 atom stereocenters. The van der Waals surface area contributed by atoms with Gasteiger partial charge >= 0.3 is 0 Å². The molecular formula is C16H16N4OS. The summed E-state index contributed by atoms with van der Waals surface area (Å²) in [6.07, 6.45) is 1.89. The van der Waals surface area contributed by atoms with E-state index in [4.69, 9.17) is 0 Å². The van der Waals surface area contributed by atoms with Gasteiger partial charge in [0.2, 0.25) is 5.91 Å². The van der Waals surface area contributed by atoms with E-state index in [9.17, 15) is 4.79 Å². The Morgan fingerprint density at radius 2 is 2.00 bits per heavy atom. The maximum Gasteiger partial charge on any atom is 0.230 e. The Morgan fingerprint density at radius 1 is 1.18 bits per heavy atom. The van der Waals surface area contributed by atoms with Crippen LogP contribution in [0.3, 0.4) is 0 Å². The Morgan fingerprint density at radius 3 is 2.82 bits per heavy atom. The Balaban J connectivity index is 1.53. The molecule has 5 nitrogen and oxygen atoms in total. The molecule has 0 radical (unpaired) electrons. The Bertz CT molecular complexity index is 782. The van der Waals surface area contributed by atoms with Crippen molar-refractivity contribution >= 4 is 23.3 Å². The van der Waals surface area contributed by atoms with Crippen LogP contribution in [0.15, 0.2) is 53.6 Å². The lowest BCUT2D eigenvalue weighted by atomic mass is 10.2. The van der Waals surface area contributed by atoms with E-state index < -0.39 is 0 Å². The summed E-state index contributed by atoms with van der Waals surface area (Å²) in [5, 5.41) is 11.0. The lowest BCUT2D eigenvalue weighted by Crippen LogP contribution is -2.25. The number of carbonyl (C=O) groups is 1. The molecule has 3 aromatic rings. The first kappa shape index (κ1) is 14.6. The topological polar surface area (TPSA) is 59.3 Å². The minimum Gasteiger partial charge on any atom is -0.348 e. The van der Waals surface area contributed by atoms with Crippen LogP contribution in [-0.4, -0.2) is 26.3 Å². The van der Waals surface area contributed by atoms with Crippen LogP contribution in [0.2, 0.25) is 0 Å². The van der Waals surface area contributed by atoms with Crippen molar-refractivity contribution in [2.75, 3.05) is 5.75 Å². The average Bonchev–Trinajstić information content (AvgIpc) is 2.96. The second-order valence-corrected chi connectivity index (χ2v) is 5.97. The molecule has 22 heavy (non-hydrogen) atoms. The lowest BCUT2D eigenvalue weighted by Gasteiger charge is -2.04. The molecule has 0 saturated carbocycles. The molecule has 1 amide bonds. The molecule has 0 bridgehead atoms. The SMILES string of the molecule is Cc1ccc(SCC(=O)NCc2nnc3ccccn23)cc1. The third-order valence-corrected chi connectivity index (χ3v) is 4.23. The van der Waals surface area contributed by atoms with Crippen LogP contribution < -0.4 is 5.32 Å². The zero-order valence-electron chi connectivity index (χ0n) is 12.2. The van der Waals surface area contributed by atoms with Gasteiger partial charge in [-0.05, 0) is 31.2 Å². The Kier molecular flexibility index (Phi) is 4.39. The van der Waals surface area contributed by atoms with E-state index in [2.05, 4.69) is 15.5 Å². The number of nitrogens with zero attached hydrogens (tertiary/aromatic N) is 3. The summed E-state index contributed by atoms with van der Waals surface area (Å²) in [7, 11) is 0. The lowest BCUT2D eigenvalue weighted by molar-refractivity contribution is -0.118. The number of rotatable bonds is 5. The largest absolute Gasteiger partial charge is 0.348 e. The number of hydrogen-bond donors (Lipinski definition) is 1. The van der Waals surface area contributed by atoms with Crippen molar-refractivity contribution in [1.29, 1.82) is 0 Å². The van der Waals surface area contributed by atoms with Gasteiger partial charge in [0.25, 0.3) is 0 Å². The fourth-order valence-corrected chi connectivity index (χ4v) is 2.75. The first-order valence-corrected chi connectivity index (χ1v) is 7.96. The van der Waals surface area contributed by atoms with Gasteiger partial charge in [-0.1, -0.05) is 23.8 Å². The van der Waals surface area contributed by atoms with Gasteiger partial charge in [-0.3, -0.25) is 9.20 Å². The van der Waals surface area contributed by atoms with Crippen LogP contribution in [0.4, 0.5) is 0 Å². The van der Waals surface area contributed by atoms with Crippen molar-refractivity contribution < 1.29 is 4.79 Å². The molecule has 2 aromatic heterocycles. The summed E-state index contributed by atoms with van der Waals surface area (Å²) in [4.78, 5) is 13.0. The number of hydrogen-bond acceptors (Lipinski definition) is 4. The van der Waals surface area contributed by atoms with E-state index in [1.54, 1.807) is 0 Å². The fraction of sp³-hybridized carbons (Fsp3) is 0.188. The summed E-state index contributed by atoms with van der Waals surface area (Å²) in [5.74, 6) is 1.10. The third kappa shape index (κ3) is 3.46. The van der Waals surface area contributed by atoms with Gasteiger partial charge in [-0.2, -0.15) is 0 Å². The zero-order valence-corrected chi connectivity index (χ0v) is 13.0. The smallest absolute Gasteiger partial charge is 0.230 e.